The monoisotopic (exact) mass is 236 g/mol. The van der Waals surface area contributed by atoms with Gasteiger partial charge in [-0.1, -0.05) is 6.58 Å². The van der Waals surface area contributed by atoms with Gasteiger partial charge < -0.3 is 9.47 Å². The number of hydrogen-bond donors (Lipinski definition) is 0. The third-order valence-corrected chi connectivity index (χ3v) is 3.73. The van der Waals surface area contributed by atoms with Gasteiger partial charge in [-0.3, -0.25) is 0 Å². The van der Waals surface area contributed by atoms with Gasteiger partial charge in [0.2, 0.25) is 5.76 Å². The standard InChI is InChI=1S/C14H20O3/c1-5-16-12(15)11-8-14(6-7-14)9-13(4,17-11)10(2)3/h8H,2,5-7,9H2,1,3-4H3. The number of esters is 1. The van der Waals surface area contributed by atoms with Crippen LogP contribution < -0.4 is 0 Å². The van der Waals surface area contributed by atoms with Crippen molar-refractivity contribution in [2.45, 2.75) is 45.6 Å². The van der Waals surface area contributed by atoms with Gasteiger partial charge in [-0.05, 0) is 57.1 Å². The van der Waals surface area contributed by atoms with Crippen LogP contribution in [0.2, 0.25) is 0 Å². The van der Waals surface area contributed by atoms with Crippen LogP contribution in [-0.4, -0.2) is 18.2 Å². The predicted molar refractivity (Wildman–Crippen MR) is 65.3 cm³/mol. The van der Waals surface area contributed by atoms with E-state index in [2.05, 4.69) is 6.58 Å². The average molecular weight is 236 g/mol. The second kappa shape index (κ2) is 3.90. The second-order valence-electron chi connectivity index (χ2n) is 5.38. The summed E-state index contributed by atoms with van der Waals surface area (Å²) in [6.45, 7) is 10.1. The Morgan fingerprint density at radius 3 is 2.71 bits per heavy atom. The zero-order chi connectivity index (χ0) is 12.7. The van der Waals surface area contributed by atoms with Gasteiger partial charge in [-0.25, -0.2) is 4.79 Å². The molecule has 0 amide bonds. The van der Waals surface area contributed by atoms with Crippen LogP contribution in [0.25, 0.3) is 0 Å². The Balaban J connectivity index is 2.25. The molecule has 1 aliphatic heterocycles. The molecule has 0 bridgehead atoms. The number of ether oxygens (including phenoxy) is 2. The maximum Gasteiger partial charge on any atom is 0.373 e. The minimum atomic E-state index is -0.437. The number of carbonyl (C=O) groups is 1. The molecular formula is C14H20O3. The Kier molecular flexibility index (Phi) is 2.80. The lowest BCUT2D eigenvalue weighted by molar-refractivity contribution is -0.146. The molecule has 1 heterocycles. The average Bonchev–Trinajstić information content (AvgIpc) is 2.96. The predicted octanol–water partition coefficient (Wildman–Crippen LogP) is 2.97. The van der Waals surface area contributed by atoms with E-state index in [4.69, 9.17) is 9.47 Å². The van der Waals surface area contributed by atoms with Crippen LogP contribution in [0.4, 0.5) is 0 Å². The summed E-state index contributed by atoms with van der Waals surface area (Å²) in [6, 6.07) is 0. The maximum absolute atomic E-state index is 11.8. The molecule has 1 atom stereocenters. The van der Waals surface area contributed by atoms with Crippen LogP contribution in [0.5, 0.6) is 0 Å². The van der Waals surface area contributed by atoms with E-state index >= 15 is 0 Å². The zero-order valence-corrected chi connectivity index (χ0v) is 10.8. The first-order valence-corrected chi connectivity index (χ1v) is 6.16. The van der Waals surface area contributed by atoms with E-state index in [-0.39, 0.29) is 11.4 Å². The highest BCUT2D eigenvalue weighted by Gasteiger charge is 2.52. The maximum atomic E-state index is 11.8. The Bertz CT molecular complexity index is 390. The lowest BCUT2D eigenvalue weighted by Crippen LogP contribution is -2.38. The third kappa shape index (κ3) is 2.24. The van der Waals surface area contributed by atoms with E-state index in [0.717, 1.165) is 24.8 Å². The van der Waals surface area contributed by atoms with E-state index in [1.807, 2.05) is 19.9 Å². The molecule has 0 aromatic carbocycles. The van der Waals surface area contributed by atoms with Crippen molar-refractivity contribution in [1.29, 1.82) is 0 Å². The van der Waals surface area contributed by atoms with Gasteiger partial charge in [0.15, 0.2) is 0 Å². The zero-order valence-electron chi connectivity index (χ0n) is 10.8. The third-order valence-electron chi connectivity index (χ3n) is 3.73. The molecule has 3 heteroatoms. The number of hydrogen-bond acceptors (Lipinski definition) is 3. The number of carbonyl (C=O) groups excluding carboxylic acids is 1. The van der Waals surface area contributed by atoms with Crippen molar-refractivity contribution >= 4 is 5.97 Å². The first-order valence-electron chi connectivity index (χ1n) is 6.16. The smallest absolute Gasteiger partial charge is 0.373 e. The highest BCUT2D eigenvalue weighted by Crippen LogP contribution is 2.57. The summed E-state index contributed by atoms with van der Waals surface area (Å²) >= 11 is 0. The van der Waals surface area contributed by atoms with E-state index in [0.29, 0.717) is 12.4 Å². The van der Waals surface area contributed by atoms with Gasteiger partial charge in [0, 0.05) is 0 Å². The van der Waals surface area contributed by atoms with Crippen molar-refractivity contribution in [3.05, 3.63) is 24.0 Å². The molecule has 1 spiro atoms. The van der Waals surface area contributed by atoms with Crippen molar-refractivity contribution in [2.75, 3.05) is 6.61 Å². The van der Waals surface area contributed by atoms with E-state index < -0.39 is 5.60 Å². The molecule has 0 saturated heterocycles. The summed E-state index contributed by atoms with van der Waals surface area (Å²) in [5, 5.41) is 0. The van der Waals surface area contributed by atoms with E-state index in [1.54, 1.807) is 6.92 Å². The number of allylic oxidation sites excluding steroid dienone is 1. The van der Waals surface area contributed by atoms with Crippen molar-refractivity contribution < 1.29 is 14.3 Å². The molecule has 17 heavy (non-hydrogen) atoms. The summed E-state index contributed by atoms with van der Waals surface area (Å²) in [6.07, 6.45) is 5.12. The van der Waals surface area contributed by atoms with Gasteiger partial charge in [-0.15, -0.1) is 0 Å². The first-order chi connectivity index (χ1) is 7.91. The van der Waals surface area contributed by atoms with Crippen LogP contribution >= 0.6 is 0 Å². The van der Waals surface area contributed by atoms with Crippen molar-refractivity contribution in [1.82, 2.24) is 0 Å². The summed E-state index contributed by atoms with van der Waals surface area (Å²) < 4.78 is 10.8. The highest BCUT2D eigenvalue weighted by atomic mass is 16.6. The molecule has 0 N–H and O–H groups in total. The number of rotatable bonds is 3. The van der Waals surface area contributed by atoms with Crippen LogP contribution in [0, 0.1) is 5.41 Å². The lowest BCUT2D eigenvalue weighted by Gasteiger charge is -2.38. The fourth-order valence-corrected chi connectivity index (χ4v) is 2.33. The Morgan fingerprint density at radius 2 is 2.24 bits per heavy atom. The molecule has 94 valence electrons. The fourth-order valence-electron chi connectivity index (χ4n) is 2.33. The topological polar surface area (TPSA) is 35.5 Å². The van der Waals surface area contributed by atoms with Gasteiger partial charge in [0.25, 0.3) is 0 Å². The summed E-state index contributed by atoms with van der Waals surface area (Å²) in [5.74, 6) is 0.00653. The normalized spacial score (nSPS) is 29.2. The molecule has 0 radical (unpaired) electrons. The van der Waals surface area contributed by atoms with E-state index in [1.165, 1.54) is 0 Å². The molecule has 2 rings (SSSR count). The Labute approximate surface area is 102 Å². The van der Waals surface area contributed by atoms with Gasteiger partial charge >= 0.3 is 5.97 Å². The Hall–Kier alpha value is -1.25. The van der Waals surface area contributed by atoms with Crippen molar-refractivity contribution in [3.8, 4) is 0 Å². The fraction of sp³-hybridized carbons (Fsp3) is 0.643. The highest BCUT2D eigenvalue weighted by molar-refractivity contribution is 5.86. The molecular weight excluding hydrogens is 216 g/mol. The minimum absolute atomic E-state index is 0.147. The van der Waals surface area contributed by atoms with Crippen LogP contribution in [0.3, 0.4) is 0 Å². The second-order valence-corrected chi connectivity index (χ2v) is 5.38. The largest absolute Gasteiger partial charge is 0.476 e. The lowest BCUT2D eigenvalue weighted by atomic mass is 9.82. The quantitative estimate of drug-likeness (QED) is 0.558. The summed E-state index contributed by atoms with van der Waals surface area (Å²) in [4.78, 5) is 11.8. The van der Waals surface area contributed by atoms with E-state index in [9.17, 15) is 4.79 Å². The molecule has 0 aromatic rings. The molecule has 1 fully saturated rings. The molecule has 1 aliphatic carbocycles. The van der Waals surface area contributed by atoms with Crippen molar-refractivity contribution in [2.24, 2.45) is 5.41 Å². The first kappa shape index (κ1) is 12.2. The molecule has 1 unspecified atom stereocenters. The summed E-state index contributed by atoms with van der Waals surface area (Å²) in [7, 11) is 0. The molecule has 2 aliphatic rings. The molecule has 1 saturated carbocycles. The van der Waals surface area contributed by atoms with Crippen LogP contribution in [-0.2, 0) is 14.3 Å². The van der Waals surface area contributed by atoms with Gasteiger partial charge in [0.1, 0.15) is 5.60 Å². The van der Waals surface area contributed by atoms with Crippen molar-refractivity contribution in [3.63, 3.8) is 0 Å². The van der Waals surface area contributed by atoms with Crippen LogP contribution in [0.1, 0.15) is 40.0 Å². The Morgan fingerprint density at radius 1 is 1.59 bits per heavy atom. The van der Waals surface area contributed by atoms with Gasteiger partial charge in [-0.2, -0.15) is 0 Å². The van der Waals surface area contributed by atoms with Gasteiger partial charge in [0.05, 0.1) is 6.61 Å². The minimum Gasteiger partial charge on any atom is -0.476 e. The molecule has 0 aromatic heterocycles. The summed E-state index contributed by atoms with van der Waals surface area (Å²) in [5.41, 5.74) is 0.667. The van der Waals surface area contributed by atoms with Crippen LogP contribution in [0.15, 0.2) is 24.0 Å². The SMILES string of the molecule is C=C(C)C1(C)CC2(C=C(C(=O)OCC)O1)CC2. The molecule has 3 nitrogen and oxygen atoms in total.